The van der Waals surface area contributed by atoms with Crippen LogP contribution in [0.2, 0.25) is 0 Å². The zero-order valence-corrected chi connectivity index (χ0v) is 11.8. The van der Waals surface area contributed by atoms with Crippen molar-refractivity contribution in [2.24, 2.45) is 0 Å². The summed E-state index contributed by atoms with van der Waals surface area (Å²) in [6, 6.07) is 8.89. The Hall–Kier alpha value is -2.36. The Labute approximate surface area is 117 Å². The summed E-state index contributed by atoms with van der Waals surface area (Å²) in [4.78, 5) is 24.3. The van der Waals surface area contributed by atoms with E-state index in [1.807, 2.05) is 19.1 Å². The number of hydrogen-bond acceptors (Lipinski definition) is 3. The van der Waals surface area contributed by atoms with Crippen molar-refractivity contribution in [1.82, 2.24) is 4.57 Å². The number of aromatic nitrogens is 1. The van der Waals surface area contributed by atoms with Gasteiger partial charge in [-0.2, -0.15) is 0 Å². The molecule has 0 spiro atoms. The summed E-state index contributed by atoms with van der Waals surface area (Å²) in [6.07, 6.45) is 1.62. The molecule has 1 heterocycles. The zero-order chi connectivity index (χ0) is 14.7. The molecule has 0 saturated heterocycles. The van der Waals surface area contributed by atoms with Gasteiger partial charge in [-0.05, 0) is 37.6 Å². The summed E-state index contributed by atoms with van der Waals surface area (Å²) >= 11 is 0. The molecule has 2 rings (SSSR count). The minimum absolute atomic E-state index is 0.0138. The lowest BCUT2D eigenvalue weighted by Gasteiger charge is -2.10. The first-order chi connectivity index (χ1) is 9.52. The van der Waals surface area contributed by atoms with E-state index in [1.54, 1.807) is 31.3 Å². The molecule has 104 valence electrons. The van der Waals surface area contributed by atoms with Gasteiger partial charge in [0.25, 0.3) is 5.56 Å². The summed E-state index contributed by atoms with van der Waals surface area (Å²) in [5.74, 6) is 0.394. The number of carbonyl (C=O) groups is 1. The monoisotopic (exact) mass is 271 g/mol. The van der Waals surface area contributed by atoms with Gasteiger partial charge in [0.05, 0.1) is 19.2 Å². The van der Waals surface area contributed by atoms with Gasteiger partial charge >= 0.3 is 0 Å². The number of ketones is 1. The predicted molar refractivity (Wildman–Crippen MR) is 77.5 cm³/mol. The molecule has 0 bridgehead atoms. The Bertz CT molecular complexity index is 701. The number of carbonyl (C=O) groups excluding carboxylic acids is 1. The average Bonchev–Trinajstić information content (AvgIpc) is 2.43. The molecule has 0 amide bonds. The van der Waals surface area contributed by atoms with Crippen LogP contribution >= 0.6 is 0 Å². The Morgan fingerprint density at radius 3 is 2.70 bits per heavy atom. The van der Waals surface area contributed by atoms with Crippen molar-refractivity contribution in [2.75, 3.05) is 7.11 Å². The SMILES string of the molecule is COc1cc(C)ccc1C(=O)Cn1cccc(C)c1=O. The van der Waals surface area contributed by atoms with Gasteiger partial charge in [-0.1, -0.05) is 12.1 Å². The minimum Gasteiger partial charge on any atom is -0.496 e. The lowest BCUT2D eigenvalue weighted by molar-refractivity contribution is 0.0968. The highest BCUT2D eigenvalue weighted by molar-refractivity contribution is 5.98. The maximum Gasteiger partial charge on any atom is 0.253 e. The van der Waals surface area contributed by atoms with E-state index < -0.39 is 0 Å². The molecule has 0 N–H and O–H groups in total. The topological polar surface area (TPSA) is 48.3 Å². The van der Waals surface area contributed by atoms with Crippen LogP contribution in [0.1, 0.15) is 21.5 Å². The van der Waals surface area contributed by atoms with E-state index in [0.29, 0.717) is 16.9 Å². The van der Waals surface area contributed by atoms with Crippen LogP contribution in [0, 0.1) is 13.8 Å². The fourth-order valence-corrected chi connectivity index (χ4v) is 2.05. The average molecular weight is 271 g/mol. The number of pyridine rings is 1. The van der Waals surface area contributed by atoms with E-state index in [2.05, 4.69) is 0 Å². The van der Waals surface area contributed by atoms with Gasteiger partial charge in [0.1, 0.15) is 5.75 Å². The van der Waals surface area contributed by atoms with Gasteiger partial charge in [-0.25, -0.2) is 0 Å². The second-order valence-electron chi connectivity index (χ2n) is 4.75. The number of methoxy groups -OCH3 is 1. The normalized spacial score (nSPS) is 10.3. The number of ether oxygens (including phenoxy) is 1. The quantitative estimate of drug-likeness (QED) is 0.802. The van der Waals surface area contributed by atoms with Gasteiger partial charge < -0.3 is 9.30 Å². The number of benzene rings is 1. The molecule has 2 aromatic rings. The second kappa shape index (κ2) is 5.74. The van der Waals surface area contributed by atoms with Crippen molar-refractivity contribution in [3.05, 3.63) is 63.6 Å². The van der Waals surface area contributed by atoms with Crippen LogP contribution in [-0.4, -0.2) is 17.5 Å². The third-order valence-electron chi connectivity index (χ3n) is 3.18. The molecule has 0 fully saturated rings. The number of rotatable bonds is 4. The molecule has 0 atom stereocenters. The van der Waals surface area contributed by atoms with E-state index >= 15 is 0 Å². The van der Waals surface area contributed by atoms with Crippen molar-refractivity contribution in [3.8, 4) is 5.75 Å². The fourth-order valence-electron chi connectivity index (χ4n) is 2.05. The van der Waals surface area contributed by atoms with Gasteiger partial charge in [-0.15, -0.1) is 0 Å². The first-order valence-corrected chi connectivity index (χ1v) is 6.37. The number of Topliss-reactive ketones (excluding diaryl/α,β-unsaturated/α-hetero) is 1. The maximum atomic E-state index is 12.3. The van der Waals surface area contributed by atoms with E-state index in [-0.39, 0.29) is 17.9 Å². The van der Waals surface area contributed by atoms with Crippen LogP contribution in [0.3, 0.4) is 0 Å². The Kier molecular flexibility index (Phi) is 4.03. The van der Waals surface area contributed by atoms with E-state index in [4.69, 9.17) is 4.74 Å². The molecule has 0 saturated carbocycles. The molecule has 0 aliphatic carbocycles. The molecule has 4 heteroatoms. The first kappa shape index (κ1) is 14.1. The van der Waals surface area contributed by atoms with Gasteiger partial charge in [0.2, 0.25) is 0 Å². The minimum atomic E-state index is -0.146. The molecule has 0 aliphatic rings. The zero-order valence-electron chi connectivity index (χ0n) is 11.8. The Morgan fingerprint density at radius 1 is 1.25 bits per heavy atom. The molecule has 0 aliphatic heterocycles. The molecular weight excluding hydrogens is 254 g/mol. The van der Waals surface area contributed by atoms with Gasteiger partial charge in [0, 0.05) is 11.8 Å². The molecule has 1 aromatic carbocycles. The lowest BCUT2D eigenvalue weighted by Crippen LogP contribution is -2.25. The molecule has 4 nitrogen and oxygen atoms in total. The first-order valence-electron chi connectivity index (χ1n) is 6.37. The molecule has 20 heavy (non-hydrogen) atoms. The van der Waals surface area contributed by atoms with Crippen molar-refractivity contribution in [1.29, 1.82) is 0 Å². The van der Waals surface area contributed by atoms with Crippen molar-refractivity contribution in [2.45, 2.75) is 20.4 Å². The maximum absolute atomic E-state index is 12.3. The van der Waals surface area contributed by atoms with Crippen LogP contribution in [-0.2, 0) is 6.54 Å². The Morgan fingerprint density at radius 2 is 2.00 bits per heavy atom. The van der Waals surface area contributed by atoms with Crippen LogP contribution in [0.15, 0.2) is 41.3 Å². The summed E-state index contributed by atoms with van der Waals surface area (Å²) in [7, 11) is 1.53. The van der Waals surface area contributed by atoms with Crippen LogP contribution in [0.25, 0.3) is 0 Å². The third-order valence-corrected chi connectivity index (χ3v) is 3.18. The lowest BCUT2D eigenvalue weighted by atomic mass is 10.1. The molecule has 0 unspecified atom stereocenters. The van der Waals surface area contributed by atoms with E-state index in [1.165, 1.54) is 11.7 Å². The number of aryl methyl sites for hydroxylation is 2. The fraction of sp³-hybridized carbons (Fsp3) is 0.250. The smallest absolute Gasteiger partial charge is 0.253 e. The summed E-state index contributed by atoms with van der Waals surface area (Å²) in [5.41, 5.74) is 1.99. The standard InChI is InChI=1S/C16H17NO3/c1-11-6-7-13(15(9-11)20-3)14(18)10-17-8-4-5-12(2)16(17)19/h4-9H,10H2,1-3H3. The highest BCUT2D eigenvalue weighted by Crippen LogP contribution is 2.20. The van der Waals surface area contributed by atoms with Crippen LogP contribution in [0.5, 0.6) is 5.75 Å². The number of hydrogen-bond donors (Lipinski definition) is 0. The van der Waals surface area contributed by atoms with Gasteiger partial charge in [-0.3, -0.25) is 9.59 Å². The second-order valence-corrected chi connectivity index (χ2v) is 4.75. The van der Waals surface area contributed by atoms with E-state index in [0.717, 1.165) is 5.56 Å². The Balaban J connectivity index is 2.33. The van der Waals surface area contributed by atoms with Crippen molar-refractivity contribution in [3.63, 3.8) is 0 Å². The summed E-state index contributed by atoms with van der Waals surface area (Å²) < 4.78 is 6.64. The third kappa shape index (κ3) is 2.79. The largest absolute Gasteiger partial charge is 0.496 e. The van der Waals surface area contributed by atoms with Gasteiger partial charge in [0.15, 0.2) is 5.78 Å². The number of nitrogens with zero attached hydrogens (tertiary/aromatic N) is 1. The highest BCUT2D eigenvalue weighted by atomic mass is 16.5. The van der Waals surface area contributed by atoms with Crippen LogP contribution < -0.4 is 10.3 Å². The van der Waals surface area contributed by atoms with E-state index in [9.17, 15) is 9.59 Å². The molecule has 0 radical (unpaired) electrons. The summed E-state index contributed by atoms with van der Waals surface area (Å²) in [6.45, 7) is 3.68. The molecule has 1 aromatic heterocycles. The summed E-state index contributed by atoms with van der Waals surface area (Å²) in [5, 5.41) is 0. The van der Waals surface area contributed by atoms with Crippen LogP contribution in [0.4, 0.5) is 0 Å². The van der Waals surface area contributed by atoms with Crippen molar-refractivity contribution >= 4 is 5.78 Å². The predicted octanol–water partition coefficient (Wildman–Crippen LogP) is 2.36. The molecular formula is C16H17NO3. The van der Waals surface area contributed by atoms with Crippen molar-refractivity contribution < 1.29 is 9.53 Å². The highest BCUT2D eigenvalue weighted by Gasteiger charge is 2.13.